The van der Waals surface area contributed by atoms with Crippen molar-refractivity contribution in [2.24, 2.45) is 0 Å². The van der Waals surface area contributed by atoms with Gasteiger partial charge in [0.15, 0.2) is 5.58 Å². The maximum Gasteiger partial charge on any atom is 0.271 e. The van der Waals surface area contributed by atoms with Crippen LogP contribution in [0.4, 0.5) is 0 Å². The van der Waals surface area contributed by atoms with Gasteiger partial charge in [-0.15, -0.1) is 0 Å². The molecule has 1 aliphatic heterocycles. The van der Waals surface area contributed by atoms with Crippen LogP contribution >= 0.6 is 0 Å². The quantitative estimate of drug-likeness (QED) is 0.528. The summed E-state index contributed by atoms with van der Waals surface area (Å²) in [5.74, 6) is 0.458. The van der Waals surface area contributed by atoms with Crippen LogP contribution in [0.1, 0.15) is 68.4 Å². The third kappa shape index (κ3) is 3.97. The Bertz CT molecular complexity index is 1190. The van der Waals surface area contributed by atoms with Gasteiger partial charge in [-0.2, -0.15) is 0 Å². The van der Waals surface area contributed by atoms with Gasteiger partial charge in [0.2, 0.25) is 5.91 Å². The van der Waals surface area contributed by atoms with E-state index >= 15 is 0 Å². The standard InChI is InChI=1S/C27H33N3O4/c1-3-33-23-13-9-8-10-19(23)17-30-25(31)22-16-24-21(14-15-34-24)29(22)18-27(30,2)26(32)28-20-11-6-4-5-7-12-20/h8-10,13-16,20H,3-7,11-12,17-18H2,1-2H3,(H,28,32)/t27-/m1/s1. The SMILES string of the molecule is CCOc1ccccc1CN1C(=O)c2cc3occc3n2C[C@]1(C)C(=O)NC1CCCCCC1. The number of rotatable bonds is 6. The lowest BCUT2D eigenvalue weighted by Crippen LogP contribution is -2.64. The van der Waals surface area contributed by atoms with Crippen molar-refractivity contribution >= 4 is 22.9 Å². The molecule has 0 radical (unpaired) electrons. The summed E-state index contributed by atoms with van der Waals surface area (Å²) in [4.78, 5) is 29.5. The lowest BCUT2D eigenvalue weighted by Gasteiger charge is -2.44. The molecule has 180 valence electrons. The summed E-state index contributed by atoms with van der Waals surface area (Å²) in [5, 5.41) is 3.31. The highest BCUT2D eigenvalue weighted by atomic mass is 16.5. The van der Waals surface area contributed by atoms with E-state index in [1.54, 1.807) is 17.2 Å². The molecule has 0 spiro atoms. The third-order valence-electron chi connectivity index (χ3n) is 7.33. The fourth-order valence-corrected chi connectivity index (χ4v) is 5.39. The molecule has 34 heavy (non-hydrogen) atoms. The van der Waals surface area contributed by atoms with E-state index in [4.69, 9.17) is 9.15 Å². The molecule has 1 N–H and O–H groups in total. The lowest BCUT2D eigenvalue weighted by molar-refractivity contribution is -0.134. The van der Waals surface area contributed by atoms with Crippen molar-refractivity contribution in [3.05, 3.63) is 53.9 Å². The van der Waals surface area contributed by atoms with Crippen LogP contribution in [0.2, 0.25) is 0 Å². The summed E-state index contributed by atoms with van der Waals surface area (Å²) in [6, 6.07) is 11.5. The highest BCUT2D eigenvalue weighted by molar-refractivity contribution is 6.02. The van der Waals surface area contributed by atoms with Gasteiger partial charge in [0.05, 0.1) is 31.5 Å². The number of hydrogen-bond acceptors (Lipinski definition) is 4. The summed E-state index contributed by atoms with van der Waals surface area (Å²) in [5.41, 5.74) is 1.87. The Morgan fingerprint density at radius 3 is 2.71 bits per heavy atom. The number of fused-ring (bicyclic) bond motifs is 3. The number of para-hydroxylation sites is 1. The maximum atomic E-state index is 13.9. The number of amides is 2. The molecule has 3 aromatic rings. The molecular formula is C27H33N3O4. The highest BCUT2D eigenvalue weighted by Gasteiger charge is 2.48. The number of aromatic nitrogens is 1. The van der Waals surface area contributed by atoms with Crippen molar-refractivity contribution in [1.29, 1.82) is 0 Å². The Hall–Kier alpha value is -3.22. The van der Waals surface area contributed by atoms with Crippen LogP contribution in [-0.2, 0) is 17.9 Å². The zero-order valence-electron chi connectivity index (χ0n) is 20.0. The number of carbonyl (C=O) groups is 2. The van der Waals surface area contributed by atoms with E-state index in [0.29, 0.717) is 24.4 Å². The van der Waals surface area contributed by atoms with Crippen LogP contribution in [0, 0.1) is 0 Å². The molecule has 0 saturated heterocycles. The van der Waals surface area contributed by atoms with Gasteiger partial charge in [-0.3, -0.25) is 9.59 Å². The van der Waals surface area contributed by atoms with Crippen LogP contribution in [0.5, 0.6) is 5.75 Å². The first-order valence-electron chi connectivity index (χ1n) is 12.4. The number of nitrogens with one attached hydrogen (secondary N) is 1. The molecule has 7 heteroatoms. The second kappa shape index (κ2) is 9.20. The number of furan rings is 1. The number of nitrogens with zero attached hydrogens (tertiary/aromatic N) is 2. The molecule has 2 amide bonds. The molecule has 5 rings (SSSR count). The highest BCUT2D eigenvalue weighted by Crippen LogP contribution is 2.35. The molecule has 2 aliphatic rings. The zero-order valence-corrected chi connectivity index (χ0v) is 20.0. The first-order chi connectivity index (χ1) is 16.5. The summed E-state index contributed by atoms with van der Waals surface area (Å²) in [6.45, 7) is 5.01. The minimum Gasteiger partial charge on any atom is -0.494 e. The Labute approximate surface area is 200 Å². The Morgan fingerprint density at radius 2 is 1.94 bits per heavy atom. The fourth-order valence-electron chi connectivity index (χ4n) is 5.39. The summed E-state index contributed by atoms with van der Waals surface area (Å²) < 4.78 is 13.3. The van der Waals surface area contributed by atoms with Gasteiger partial charge in [-0.25, -0.2) is 0 Å². The number of carbonyl (C=O) groups excluding carboxylic acids is 2. The lowest BCUT2D eigenvalue weighted by atomic mass is 9.92. The van der Waals surface area contributed by atoms with E-state index in [0.717, 1.165) is 42.5 Å². The molecule has 2 aromatic heterocycles. The molecule has 7 nitrogen and oxygen atoms in total. The zero-order chi connectivity index (χ0) is 23.7. The van der Waals surface area contributed by atoms with Gasteiger partial charge in [-0.1, -0.05) is 43.9 Å². The minimum absolute atomic E-state index is 0.0994. The average Bonchev–Trinajstić information content (AvgIpc) is 3.32. The third-order valence-corrected chi connectivity index (χ3v) is 7.33. The molecule has 3 heterocycles. The molecule has 1 aromatic carbocycles. The van der Waals surface area contributed by atoms with Crippen LogP contribution in [0.3, 0.4) is 0 Å². The average molecular weight is 464 g/mol. The molecule has 0 unspecified atom stereocenters. The normalized spacial score (nSPS) is 21.4. The van der Waals surface area contributed by atoms with Crippen molar-refractivity contribution in [3.8, 4) is 5.75 Å². The minimum atomic E-state index is -1.06. The van der Waals surface area contributed by atoms with Gasteiger partial charge in [-0.05, 0) is 32.8 Å². The van der Waals surface area contributed by atoms with Crippen molar-refractivity contribution in [1.82, 2.24) is 14.8 Å². The molecular weight excluding hydrogens is 430 g/mol. The van der Waals surface area contributed by atoms with Gasteiger partial charge >= 0.3 is 0 Å². The molecule has 1 aliphatic carbocycles. The van der Waals surface area contributed by atoms with Crippen LogP contribution < -0.4 is 10.1 Å². The predicted octanol–water partition coefficient (Wildman–Crippen LogP) is 4.89. The largest absolute Gasteiger partial charge is 0.494 e. The van der Waals surface area contributed by atoms with E-state index in [9.17, 15) is 9.59 Å². The summed E-state index contributed by atoms with van der Waals surface area (Å²) in [6.07, 6.45) is 8.29. The van der Waals surface area contributed by atoms with Crippen LogP contribution in [-0.4, -0.2) is 39.5 Å². The van der Waals surface area contributed by atoms with Gasteiger partial charge in [0.25, 0.3) is 5.91 Å². The monoisotopic (exact) mass is 463 g/mol. The molecule has 1 saturated carbocycles. The number of hydrogen-bond donors (Lipinski definition) is 1. The number of benzene rings is 1. The van der Waals surface area contributed by atoms with Crippen molar-refractivity contribution in [2.75, 3.05) is 6.61 Å². The molecule has 1 fully saturated rings. The van der Waals surface area contributed by atoms with Gasteiger partial charge in [0, 0.05) is 23.7 Å². The molecule has 0 bridgehead atoms. The van der Waals surface area contributed by atoms with E-state index in [1.165, 1.54) is 12.8 Å². The van der Waals surface area contributed by atoms with Crippen molar-refractivity contribution in [3.63, 3.8) is 0 Å². The Morgan fingerprint density at radius 1 is 1.18 bits per heavy atom. The van der Waals surface area contributed by atoms with Crippen molar-refractivity contribution < 1.29 is 18.7 Å². The van der Waals surface area contributed by atoms with E-state index < -0.39 is 5.54 Å². The van der Waals surface area contributed by atoms with E-state index in [1.807, 2.05) is 48.7 Å². The maximum absolute atomic E-state index is 13.9. The topological polar surface area (TPSA) is 76.7 Å². The van der Waals surface area contributed by atoms with Crippen molar-refractivity contribution in [2.45, 2.75) is 77.0 Å². The smallest absolute Gasteiger partial charge is 0.271 e. The first-order valence-corrected chi connectivity index (χ1v) is 12.4. The first kappa shape index (κ1) is 22.6. The Kier molecular flexibility index (Phi) is 6.11. The van der Waals surface area contributed by atoms with Crippen LogP contribution in [0.25, 0.3) is 11.1 Å². The van der Waals surface area contributed by atoms with Crippen LogP contribution in [0.15, 0.2) is 47.1 Å². The van der Waals surface area contributed by atoms with E-state index in [2.05, 4.69) is 5.32 Å². The van der Waals surface area contributed by atoms with Gasteiger partial charge < -0.3 is 23.9 Å². The number of ether oxygens (including phenoxy) is 1. The molecule has 1 atom stereocenters. The second-order valence-electron chi connectivity index (χ2n) is 9.65. The summed E-state index contributed by atoms with van der Waals surface area (Å²) >= 11 is 0. The Balaban J connectivity index is 1.52. The van der Waals surface area contributed by atoms with Gasteiger partial charge in [0.1, 0.15) is 17.0 Å². The van der Waals surface area contributed by atoms with E-state index in [-0.39, 0.29) is 24.4 Å². The fraction of sp³-hybridized carbons (Fsp3) is 0.481. The second-order valence-corrected chi connectivity index (χ2v) is 9.65. The predicted molar refractivity (Wildman–Crippen MR) is 130 cm³/mol. The summed E-state index contributed by atoms with van der Waals surface area (Å²) in [7, 11) is 0.